The summed E-state index contributed by atoms with van der Waals surface area (Å²) in [6, 6.07) is 17.0. The largest absolute Gasteiger partial charge is 0.497 e. The number of aromatic nitrogens is 1. The van der Waals surface area contributed by atoms with Crippen molar-refractivity contribution in [3.63, 3.8) is 0 Å². The van der Waals surface area contributed by atoms with E-state index in [1.807, 2.05) is 53.4 Å². The van der Waals surface area contributed by atoms with Crippen molar-refractivity contribution in [1.82, 2.24) is 10.1 Å². The molecule has 0 unspecified atom stereocenters. The molecule has 2 heterocycles. The molecule has 1 aliphatic heterocycles. The lowest BCUT2D eigenvalue weighted by Gasteiger charge is -2.25. The summed E-state index contributed by atoms with van der Waals surface area (Å²) in [5.41, 5.74) is 2.18. The summed E-state index contributed by atoms with van der Waals surface area (Å²) in [4.78, 5) is 15.0. The van der Waals surface area contributed by atoms with Gasteiger partial charge < -0.3 is 18.9 Å². The molecular formula is C22H22N2O4. The summed E-state index contributed by atoms with van der Waals surface area (Å²) in [6.45, 7) is 0.673. The highest BCUT2D eigenvalue weighted by Crippen LogP contribution is 2.39. The molecular weight excluding hydrogens is 356 g/mol. The zero-order valence-electron chi connectivity index (χ0n) is 15.9. The molecule has 0 radical (unpaired) electrons. The van der Waals surface area contributed by atoms with Gasteiger partial charge in [-0.1, -0.05) is 35.5 Å². The zero-order chi connectivity index (χ0) is 19.5. The highest BCUT2D eigenvalue weighted by molar-refractivity contribution is 5.93. The van der Waals surface area contributed by atoms with Crippen molar-refractivity contribution in [2.45, 2.75) is 18.9 Å². The zero-order valence-corrected chi connectivity index (χ0v) is 15.9. The highest BCUT2D eigenvalue weighted by Gasteiger charge is 2.34. The number of rotatable bonds is 5. The highest BCUT2D eigenvalue weighted by atomic mass is 16.5. The third kappa shape index (κ3) is 3.33. The minimum atomic E-state index is -0.133. The maximum Gasteiger partial charge on any atom is 0.276 e. The third-order valence-electron chi connectivity index (χ3n) is 5.10. The van der Waals surface area contributed by atoms with Crippen LogP contribution in [0.25, 0.3) is 11.3 Å². The van der Waals surface area contributed by atoms with Crippen molar-refractivity contribution in [2.75, 3.05) is 20.8 Å². The van der Waals surface area contributed by atoms with Gasteiger partial charge in [-0.05, 0) is 25.0 Å². The van der Waals surface area contributed by atoms with Gasteiger partial charge in [0.25, 0.3) is 5.91 Å². The predicted octanol–water partition coefficient (Wildman–Crippen LogP) is 4.34. The number of hydrogen-bond acceptors (Lipinski definition) is 5. The molecule has 6 heteroatoms. The molecule has 144 valence electrons. The fourth-order valence-electron chi connectivity index (χ4n) is 3.69. The third-order valence-corrected chi connectivity index (χ3v) is 5.10. The van der Waals surface area contributed by atoms with Crippen molar-refractivity contribution in [2.24, 2.45) is 0 Å². The van der Waals surface area contributed by atoms with Gasteiger partial charge in [-0.15, -0.1) is 0 Å². The second-order valence-electron chi connectivity index (χ2n) is 6.71. The molecule has 1 aliphatic rings. The standard InChI is InChI=1S/C22H22N2O4/c1-26-16-10-11-17(21(13-16)27-2)19-9-6-12-24(19)22(25)18-14-20(28-23-18)15-7-4-3-5-8-15/h3-5,7-8,10-11,13-14,19H,6,9,12H2,1-2H3/t19-/m1/s1. The van der Waals surface area contributed by atoms with Gasteiger partial charge in [0.2, 0.25) is 0 Å². The first-order chi connectivity index (χ1) is 13.7. The lowest BCUT2D eigenvalue weighted by molar-refractivity contribution is 0.0723. The number of carbonyl (C=O) groups excluding carboxylic acids is 1. The van der Waals surface area contributed by atoms with E-state index in [9.17, 15) is 4.79 Å². The molecule has 6 nitrogen and oxygen atoms in total. The van der Waals surface area contributed by atoms with Crippen LogP contribution in [0, 0.1) is 0 Å². The van der Waals surface area contributed by atoms with Crippen LogP contribution < -0.4 is 9.47 Å². The summed E-state index contributed by atoms with van der Waals surface area (Å²) >= 11 is 0. The molecule has 2 aromatic carbocycles. The van der Waals surface area contributed by atoms with Crippen LogP contribution >= 0.6 is 0 Å². The van der Waals surface area contributed by atoms with Crippen molar-refractivity contribution in [3.8, 4) is 22.8 Å². The molecule has 0 spiro atoms. The number of methoxy groups -OCH3 is 2. The molecule has 0 aliphatic carbocycles. The first-order valence-corrected chi connectivity index (χ1v) is 9.26. The van der Waals surface area contributed by atoms with Crippen LogP contribution in [-0.2, 0) is 0 Å². The molecule has 1 fully saturated rings. The van der Waals surface area contributed by atoms with Crippen molar-refractivity contribution in [1.29, 1.82) is 0 Å². The Balaban J connectivity index is 1.60. The summed E-state index contributed by atoms with van der Waals surface area (Å²) in [5.74, 6) is 1.89. The first kappa shape index (κ1) is 18.1. The maximum absolute atomic E-state index is 13.1. The van der Waals surface area contributed by atoms with E-state index in [-0.39, 0.29) is 11.9 Å². The number of benzene rings is 2. The summed E-state index contributed by atoms with van der Waals surface area (Å²) in [6.07, 6.45) is 1.80. The lowest BCUT2D eigenvalue weighted by Crippen LogP contribution is -2.31. The minimum absolute atomic E-state index is 0.0646. The Hall–Kier alpha value is -3.28. The van der Waals surface area contributed by atoms with Gasteiger partial charge in [-0.2, -0.15) is 0 Å². The number of ether oxygens (including phenoxy) is 2. The monoisotopic (exact) mass is 378 g/mol. The van der Waals surface area contributed by atoms with Crippen LogP contribution in [-0.4, -0.2) is 36.7 Å². The average molecular weight is 378 g/mol. The van der Waals surface area contributed by atoms with Crippen LogP contribution in [0.4, 0.5) is 0 Å². The van der Waals surface area contributed by atoms with Gasteiger partial charge in [-0.3, -0.25) is 4.79 Å². The van der Waals surface area contributed by atoms with Crippen LogP contribution in [0.1, 0.15) is 34.9 Å². The predicted molar refractivity (Wildman–Crippen MR) is 104 cm³/mol. The van der Waals surface area contributed by atoms with Gasteiger partial charge >= 0.3 is 0 Å². The van der Waals surface area contributed by atoms with Crippen molar-refractivity contribution in [3.05, 3.63) is 65.9 Å². The molecule has 3 aromatic rings. The Morgan fingerprint density at radius 3 is 2.68 bits per heavy atom. The molecule has 0 bridgehead atoms. The summed E-state index contributed by atoms with van der Waals surface area (Å²) < 4.78 is 16.2. The molecule has 0 saturated carbocycles. The number of carbonyl (C=O) groups is 1. The Morgan fingerprint density at radius 1 is 1.11 bits per heavy atom. The van der Waals surface area contributed by atoms with Gasteiger partial charge in [0, 0.05) is 29.8 Å². The van der Waals surface area contributed by atoms with Gasteiger partial charge in [0.05, 0.1) is 20.3 Å². The minimum Gasteiger partial charge on any atom is -0.497 e. The first-order valence-electron chi connectivity index (χ1n) is 9.26. The molecule has 1 saturated heterocycles. The van der Waals surface area contributed by atoms with Gasteiger partial charge in [-0.25, -0.2) is 0 Å². The van der Waals surface area contributed by atoms with Crippen molar-refractivity contribution < 1.29 is 18.8 Å². The van der Waals surface area contributed by atoms with E-state index < -0.39 is 0 Å². The van der Waals surface area contributed by atoms with Gasteiger partial charge in [0.15, 0.2) is 11.5 Å². The Kier molecular flexibility index (Phi) is 5.02. The fourth-order valence-corrected chi connectivity index (χ4v) is 3.69. The Bertz CT molecular complexity index is 968. The molecule has 4 rings (SSSR count). The van der Waals surface area contributed by atoms with E-state index >= 15 is 0 Å². The van der Waals surface area contributed by atoms with E-state index in [0.29, 0.717) is 23.7 Å². The molecule has 0 N–H and O–H groups in total. The van der Waals surface area contributed by atoms with E-state index in [1.54, 1.807) is 20.3 Å². The number of likely N-dealkylation sites (tertiary alicyclic amines) is 1. The van der Waals surface area contributed by atoms with E-state index in [4.69, 9.17) is 14.0 Å². The molecule has 28 heavy (non-hydrogen) atoms. The number of amides is 1. The SMILES string of the molecule is COc1ccc([C@H]2CCCN2C(=O)c2cc(-c3ccccc3)on2)c(OC)c1. The molecule has 1 atom stereocenters. The van der Waals surface area contributed by atoms with Gasteiger partial charge in [0.1, 0.15) is 11.5 Å². The molecule has 1 aromatic heterocycles. The summed E-state index contributed by atoms with van der Waals surface area (Å²) in [5, 5.41) is 4.02. The second kappa shape index (κ2) is 7.76. The molecule has 1 amide bonds. The summed E-state index contributed by atoms with van der Waals surface area (Å²) in [7, 11) is 3.25. The second-order valence-corrected chi connectivity index (χ2v) is 6.71. The fraction of sp³-hybridized carbons (Fsp3) is 0.273. The maximum atomic E-state index is 13.1. The van der Waals surface area contributed by atoms with E-state index in [0.717, 1.165) is 29.7 Å². The van der Waals surface area contributed by atoms with E-state index in [2.05, 4.69) is 5.16 Å². The smallest absolute Gasteiger partial charge is 0.276 e. The topological polar surface area (TPSA) is 64.8 Å². The van der Waals surface area contributed by atoms with Crippen molar-refractivity contribution >= 4 is 5.91 Å². The average Bonchev–Trinajstić information content (AvgIpc) is 3.43. The Labute approximate surface area is 163 Å². The quantitative estimate of drug-likeness (QED) is 0.661. The lowest BCUT2D eigenvalue weighted by atomic mass is 10.0. The Morgan fingerprint density at radius 2 is 1.93 bits per heavy atom. The van der Waals surface area contributed by atoms with Crippen LogP contribution in [0.15, 0.2) is 59.1 Å². The number of hydrogen-bond donors (Lipinski definition) is 0. The van der Waals surface area contributed by atoms with Crippen LogP contribution in [0.2, 0.25) is 0 Å². The van der Waals surface area contributed by atoms with E-state index in [1.165, 1.54) is 0 Å². The number of nitrogens with zero attached hydrogens (tertiary/aromatic N) is 2. The van der Waals surface area contributed by atoms with Crippen LogP contribution in [0.5, 0.6) is 11.5 Å². The van der Waals surface area contributed by atoms with Crippen LogP contribution in [0.3, 0.4) is 0 Å². The normalized spacial score (nSPS) is 16.2.